The number of hydrogen-bond acceptors (Lipinski definition) is 3. The van der Waals surface area contributed by atoms with Gasteiger partial charge in [0.2, 0.25) is 0 Å². The summed E-state index contributed by atoms with van der Waals surface area (Å²) in [4.78, 5) is 13.1. The molecule has 1 saturated heterocycles. The highest BCUT2D eigenvalue weighted by Gasteiger charge is 2.30. The molecule has 0 aliphatic carbocycles. The van der Waals surface area contributed by atoms with Crippen LogP contribution in [0.25, 0.3) is 0 Å². The van der Waals surface area contributed by atoms with Crippen molar-refractivity contribution >= 4 is 21.9 Å². The Labute approximate surface area is 115 Å². The predicted octanol–water partition coefficient (Wildman–Crippen LogP) is 2.51. The second kappa shape index (κ2) is 5.71. The van der Waals surface area contributed by atoms with E-state index < -0.39 is 5.97 Å². The quantitative estimate of drug-likeness (QED) is 0.928. The number of carbonyl (C=O) groups is 1. The molecule has 0 amide bonds. The van der Waals surface area contributed by atoms with E-state index in [9.17, 15) is 4.79 Å². The Morgan fingerprint density at radius 1 is 1.61 bits per heavy atom. The minimum Gasteiger partial charge on any atom is -0.495 e. The second-order valence-corrected chi connectivity index (χ2v) is 5.25. The van der Waals surface area contributed by atoms with Gasteiger partial charge in [-0.1, -0.05) is 12.1 Å². The molecule has 1 aromatic rings. The summed E-state index contributed by atoms with van der Waals surface area (Å²) in [6.07, 6.45) is 1.67. The van der Waals surface area contributed by atoms with Gasteiger partial charge in [-0.15, -0.1) is 0 Å². The first kappa shape index (κ1) is 13.4. The molecule has 4 nitrogen and oxygen atoms in total. The molecule has 0 aromatic heterocycles. The summed E-state index contributed by atoms with van der Waals surface area (Å²) >= 11 is 3.44. The molecule has 1 aromatic carbocycles. The number of benzene rings is 1. The predicted molar refractivity (Wildman–Crippen MR) is 71.8 cm³/mol. The molecule has 0 spiro atoms. The highest BCUT2D eigenvalue weighted by molar-refractivity contribution is 9.10. The maximum Gasteiger partial charge on any atom is 0.320 e. The fraction of sp³-hybridized carbons (Fsp3) is 0.462. The zero-order valence-corrected chi connectivity index (χ0v) is 11.8. The third kappa shape index (κ3) is 2.67. The van der Waals surface area contributed by atoms with Crippen LogP contribution in [-0.4, -0.2) is 35.7 Å². The molecule has 1 aliphatic heterocycles. The lowest BCUT2D eigenvalue weighted by atomic mass is 10.1. The maximum atomic E-state index is 11.1. The van der Waals surface area contributed by atoms with Crippen LogP contribution in [0.3, 0.4) is 0 Å². The standard InChI is InChI=1S/C13H16BrNO3/c1-18-12-9(4-2-5-10(12)14)8-15-7-3-6-11(15)13(16)17/h2,4-5,11H,3,6-8H2,1H3,(H,16,17)/t11-/m1/s1. The lowest BCUT2D eigenvalue weighted by Gasteiger charge is -2.22. The number of aliphatic carboxylic acids is 1. The van der Waals surface area contributed by atoms with Crippen molar-refractivity contribution < 1.29 is 14.6 Å². The normalized spacial score (nSPS) is 20.0. The Morgan fingerprint density at radius 3 is 3.06 bits per heavy atom. The van der Waals surface area contributed by atoms with Crippen LogP contribution in [0.5, 0.6) is 5.75 Å². The lowest BCUT2D eigenvalue weighted by molar-refractivity contribution is -0.142. The first-order valence-electron chi connectivity index (χ1n) is 5.91. The molecular weight excluding hydrogens is 298 g/mol. The van der Waals surface area contributed by atoms with Gasteiger partial charge in [0, 0.05) is 12.1 Å². The number of methoxy groups -OCH3 is 1. The first-order chi connectivity index (χ1) is 8.63. The van der Waals surface area contributed by atoms with Gasteiger partial charge in [-0.05, 0) is 41.4 Å². The largest absolute Gasteiger partial charge is 0.495 e. The molecule has 18 heavy (non-hydrogen) atoms. The Morgan fingerprint density at radius 2 is 2.39 bits per heavy atom. The maximum absolute atomic E-state index is 11.1. The molecule has 1 fully saturated rings. The number of likely N-dealkylation sites (tertiary alicyclic amines) is 1. The zero-order chi connectivity index (χ0) is 13.1. The molecule has 1 atom stereocenters. The van der Waals surface area contributed by atoms with Crippen LogP contribution in [0.4, 0.5) is 0 Å². The number of halogens is 1. The van der Waals surface area contributed by atoms with Crippen molar-refractivity contribution in [2.24, 2.45) is 0 Å². The first-order valence-corrected chi connectivity index (χ1v) is 6.71. The molecule has 0 unspecified atom stereocenters. The van der Waals surface area contributed by atoms with Gasteiger partial charge in [0.25, 0.3) is 0 Å². The van der Waals surface area contributed by atoms with Crippen molar-refractivity contribution in [3.05, 3.63) is 28.2 Å². The van der Waals surface area contributed by atoms with Crippen molar-refractivity contribution in [2.75, 3.05) is 13.7 Å². The molecule has 5 heteroatoms. The average molecular weight is 314 g/mol. The van der Waals surface area contributed by atoms with Crippen LogP contribution in [0.2, 0.25) is 0 Å². The van der Waals surface area contributed by atoms with Gasteiger partial charge in [0.05, 0.1) is 11.6 Å². The van der Waals surface area contributed by atoms with Crippen LogP contribution in [0.15, 0.2) is 22.7 Å². The smallest absolute Gasteiger partial charge is 0.320 e. The third-order valence-corrected chi connectivity index (χ3v) is 3.90. The molecule has 1 heterocycles. The van der Waals surface area contributed by atoms with Crippen LogP contribution in [0, 0.1) is 0 Å². The van der Waals surface area contributed by atoms with E-state index >= 15 is 0 Å². The van der Waals surface area contributed by atoms with Gasteiger partial charge >= 0.3 is 5.97 Å². The Hall–Kier alpha value is -1.07. The molecule has 0 bridgehead atoms. The monoisotopic (exact) mass is 313 g/mol. The van der Waals surface area contributed by atoms with E-state index in [0.717, 1.165) is 35.2 Å². The fourth-order valence-corrected chi connectivity index (χ4v) is 2.99. The highest BCUT2D eigenvalue weighted by Crippen LogP contribution is 2.31. The van der Waals surface area contributed by atoms with Crippen molar-refractivity contribution in [1.29, 1.82) is 0 Å². The minimum absolute atomic E-state index is 0.367. The number of hydrogen-bond donors (Lipinski definition) is 1. The number of ether oxygens (including phenoxy) is 1. The number of carboxylic acid groups (broad SMARTS) is 1. The Balaban J connectivity index is 2.19. The van der Waals surface area contributed by atoms with E-state index in [1.54, 1.807) is 7.11 Å². The van der Waals surface area contributed by atoms with E-state index in [4.69, 9.17) is 9.84 Å². The highest BCUT2D eigenvalue weighted by atomic mass is 79.9. The van der Waals surface area contributed by atoms with Gasteiger partial charge in [-0.3, -0.25) is 9.69 Å². The molecule has 0 saturated carbocycles. The van der Waals surface area contributed by atoms with Gasteiger partial charge in [0.15, 0.2) is 0 Å². The number of rotatable bonds is 4. The Bertz CT molecular complexity index is 450. The molecule has 0 radical (unpaired) electrons. The van der Waals surface area contributed by atoms with Crippen LogP contribution in [0.1, 0.15) is 18.4 Å². The van der Waals surface area contributed by atoms with E-state index in [-0.39, 0.29) is 6.04 Å². The van der Waals surface area contributed by atoms with Crippen molar-refractivity contribution in [1.82, 2.24) is 4.90 Å². The third-order valence-electron chi connectivity index (χ3n) is 3.27. The summed E-state index contributed by atoms with van der Waals surface area (Å²) in [6, 6.07) is 5.46. The molecule has 1 aliphatic rings. The van der Waals surface area contributed by atoms with E-state index in [0.29, 0.717) is 6.54 Å². The van der Waals surface area contributed by atoms with E-state index in [2.05, 4.69) is 15.9 Å². The topological polar surface area (TPSA) is 49.8 Å². The average Bonchev–Trinajstić information content (AvgIpc) is 2.77. The van der Waals surface area contributed by atoms with E-state index in [1.807, 2.05) is 23.1 Å². The van der Waals surface area contributed by atoms with Crippen molar-refractivity contribution in [3.8, 4) is 5.75 Å². The zero-order valence-electron chi connectivity index (χ0n) is 10.2. The SMILES string of the molecule is COc1c(Br)cccc1CN1CCC[C@@H]1C(=O)O. The van der Waals surface area contributed by atoms with Crippen LogP contribution < -0.4 is 4.74 Å². The van der Waals surface area contributed by atoms with Crippen LogP contribution in [-0.2, 0) is 11.3 Å². The summed E-state index contributed by atoms with van der Waals surface area (Å²) in [5.41, 5.74) is 1.01. The van der Waals surface area contributed by atoms with Gasteiger partial charge in [0.1, 0.15) is 11.8 Å². The minimum atomic E-state index is -0.735. The summed E-state index contributed by atoms with van der Waals surface area (Å²) in [5.74, 6) is 0.0509. The number of para-hydroxylation sites is 1. The van der Waals surface area contributed by atoms with E-state index in [1.165, 1.54) is 0 Å². The van der Waals surface area contributed by atoms with Crippen molar-refractivity contribution in [3.63, 3.8) is 0 Å². The second-order valence-electron chi connectivity index (χ2n) is 4.40. The van der Waals surface area contributed by atoms with Gasteiger partial charge in [-0.2, -0.15) is 0 Å². The van der Waals surface area contributed by atoms with Crippen LogP contribution >= 0.6 is 15.9 Å². The summed E-state index contributed by atoms with van der Waals surface area (Å²) in [7, 11) is 1.63. The number of nitrogens with zero attached hydrogens (tertiary/aromatic N) is 1. The summed E-state index contributed by atoms with van der Waals surface area (Å²) in [5, 5.41) is 9.16. The fourth-order valence-electron chi connectivity index (χ4n) is 2.42. The van der Waals surface area contributed by atoms with Gasteiger partial charge in [-0.25, -0.2) is 0 Å². The lowest BCUT2D eigenvalue weighted by Crippen LogP contribution is -2.35. The van der Waals surface area contributed by atoms with Crippen molar-refractivity contribution in [2.45, 2.75) is 25.4 Å². The molecule has 2 rings (SSSR count). The van der Waals surface area contributed by atoms with Gasteiger partial charge < -0.3 is 9.84 Å². The molecular formula is C13H16BrNO3. The Kier molecular flexibility index (Phi) is 4.24. The molecule has 1 N–H and O–H groups in total. The summed E-state index contributed by atoms with van der Waals surface area (Å²) in [6.45, 7) is 1.44. The number of carboxylic acids is 1. The summed E-state index contributed by atoms with van der Waals surface area (Å²) < 4.78 is 6.26. The molecule has 98 valence electrons.